The Morgan fingerprint density at radius 3 is 2.64 bits per heavy atom. The van der Waals surface area contributed by atoms with Crippen LogP contribution in [0.3, 0.4) is 0 Å². The maximum absolute atomic E-state index is 11.9. The summed E-state index contributed by atoms with van der Waals surface area (Å²) in [5, 5.41) is 0. The van der Waals surface area contributed by atoms with E-state index >= 15 is 0 Å². The van der Waals surface area contributed by atoms with Crippen molar-refractivity contribution in [3.05, 3.63) is 22.6 Å². The number of hydrogen-bond donors (Lipinski definition) is 0. The minimum absolute atomic E-state index is 0.133. The van der Waals surface area contributed by atoms with Gasteiger partial charge < -0.3 is 9.15 Å². The molecule has 0 spiro atoms. The molecular formula is C10H9BrO3. The van der Waals surface area contributed by atoms with Crippen molar-refractivity contribution in [1.82, 2.24) is 0 Å². The van der Waals surface area contributed by atoms with Crippen LogP contribution in [0.2, 0.25) is 0 Å². The number of ketones is 1. The third-order valence-corrected chi connectivity index (χ3v) is 3.50. The lowest BCUT2D eigenvalue weighted by molar-refractivity contribution is 0.0865. The Morgan fingerprint density at radius 1 is 1.36 bits per heavy atom. The van der Waals surface area contributed by atoms with E-state index in [2.05, 4.69) is 15.9 Å². The zero-order valence-corrected chi connectivity index (χ0v) is 8.99. The van der Waals surface area contributed by atoms with Crippen LogP contribution in [0.5, 0.6) is 0 Å². The summed E-state index contributed by atoms with van der Waals surface area (Å²) < 4.78 is 11.1. The van der Waals surface area contributed by atoms with Crippen molar-refractivity contribution >= 4 is 21.7 Å². The maximum atomic E-state index is 11.9. The van der Waals surface area contributed by atoms with E-state index in [1.54, 1.807) is 12.1 Å². The second kappa shape index (κ2) is 2.94. The summed E-state index contributed by atoms with van der Waals surface area (Å²) in [5.74, 6) is 1.66. The Bertz CT molecular complexity index is 374. The van der Waals surface area contributed by atoms with Crippen LogP contribution in [-0.4, -0.2) is 19.0 Å². The van der Waals surface area contributed by atoms with Crippen LogP contribution in [0, 0.1) is 17.8 Å². The first-order chi connectivity index (χ1) is 6.77. The minimum Gasteiger partial charge on any atom is -0.446 e. The Kier molecular flexibility index (Phi) is 1.82. The number of hydrogen-bond acceptors (Lipinski definition) is 3. The molecule has 2 aliphatic rings. The van der Waals surface area contributed by atoms with Gasteiger partial charge >= 0.3 is 0 Å². The SMILES string of the molecule is O=C(c1ccc(Br)o1)C1C2COCC21. The normalized spacial score (nSPS) is 34.2. The quantitative estimate of drug-likeness (QED) is 0.762. The van der Waals surface area contributed by atoms with Gasteiger partial charge in [-0.25, -0.2) is 0 Å². The third-order valence-electron chi connectivity index (χ3n) is 3.07. The highest BCUT2D eigenvalue weighted by atomic mass is 79.9. The summed E-state index contributed by atoms with van der Waals surface area (Å²) in [6, 6.07) is 3.48. The molecule has 2 atom stereocenters. The van der Waals surface area contributed by atoms with Crippen molar-refractivity contribution in [3.8, 4) is 0 Å². The predicted octanol–water partition coefficient (Wildman–Crippen LogP) is 2.12. The van der Waals surface area contributed by atoms with Crippen LogP contribution < -0.4 is 0 Å². The van der Waals surface area contributed by atoms with Gasteiger partial charge in [-0.2, -0.15) is 0 Å². The van der Waals surface area contributed by atoms with Gasteiger partial charge in [-0.15, -0.1) is 0 Å². The van der Waals surface area contributed by atoms with Gasteiger partial charge in [0, 0.05) is 5.92 Å². The topological polar surface area (TPSA) is 39.4 Å². The number of carbonyl (C=O) groups is 1. The molecule has 0 amide bonds. The van der Waals surface area contributed by atoms with E-state index in [-0.39, 0.29) is 11.7 Å². The third kappa shape index (κ3) is 1.17. The maximum Gasteiger partial charge on any atom is 0.201 e. The van der Waals surface area contributed by atoms with Gasteiger partial charge in [0.05, 0.1) is 13.2 Å². The van der Waals surface area contributed by atoms with E-state index in [0.717, 1.165) is 13.2 Å². The number of halogens is 1. The number of fused-ring (bicyclic) bond motifs is 1. The summed E-state index contributed by atoms with van der Waals surface area (Å²) in [5.41, 5.74) is 0. The van der Waals surface area contributed by atoms with Crippen molar-refractivity contribution < 1.29 is 13.9 Å². The molecule has 74 valence electrons. The molecule has 2 unspecified atom stereocenters. The van der Waals surface area contributed by atoms with Crippen LogP contribution >= 0.6 is 15.9 Å². The Balaban J connectivity index is 1.78. The van der Waals surface area contributed by atoms with E-state index in [1.165, 1.54) is 0 Å². The van der Waals surface area contributed by atoms with E-state index in [9.17, 15) is 4.79 Å². The molecule has 0 aromatic carbocycles. The highest BCUT2D eigenvalue weighted by molar-refractivity contribution is 9.10. The molecule has 14 heavy (non-hydrogen) atoms. The predicted molar refractivity (Wildman–Crippen MR) is 52.0 cm³/mol. The molecule has 0 bridgehead atoms. The fraction of sp³-hybridized carbons (Fsp3) is 0.500. The van der Waals surface area contributed by atoms with Crippen molar-refractivity contribution in [2.24, 2.45) is 17.8 Å². The van der Waals surface area contributed by atoms with Crippen molar-refractivity contribution in [1.29, 1.82) is 0 Å². The molecule has 1 aliphatic heterocycles. The minimum atomic E-state index is 0.133. The van der Waals surface area contributed by atoms with Gasteiger partial charge in [-0.1, -0.05) is 0 Å². The highest BCUT2D eigenvalue weighted by Gasteiger charge is 2.58. The highest BCUT2D eigenvalue weighted by Crippen LogP contribution is 2.52. The van der Waals surface area contributed by atoms with Gasteiger partial charge in [0.15, 0.2) is 10.4 Å². The standard InChI is InChI=1S/C10H9BrO3/c11-8-2-1-7(14-8)10(12)9-5-3-13-4-6(5)9/h1-2,5-6,9H,3-4H2. The lowest BCUT2D eigenvalue weighted by Gasteiger charge is -2.00. The molecule has 1 saturated carbocycles. The molecule has 4 heteroatoms. The fourth-order valence-corrected chi connectivity index (χ4v) is 2.55. The van der Waals surface area contributed by atoms with Crippen LogP contribution in [0.15, 0.2) is 21.2 Å². The van der Waals surface area contributed by atoms with Gasteiger partial charge in [0.1, 0.15) is 0 Å². The van der Waals surface area contributed by atoms with Crippen molar-refractivity contribution in [3.63, 3.8) is 0 Å². The van der Waals surface area contributed by atoms with Crippen molar-refractivity contribution in [2.45, 2.75) is 0 Å². The average molecular weight is 257 g/mol. The van der Waals surface area contributed by atoms with E-state index < -0.39 is 0 Å². The largest absolute Gasteiger partial charge is 0.446 e. The lowest BCUT2D eigenvalue weighted by atomic mass is 10.1. The lowest BCUT2D eigenvalue weighted by Crippen LogP contribution is -2.08. The van der Waals surface area contributed by atoms with E-state index in [0.29, 0.717) is 22.3 Å². The molecule has 3 nitrogen and oxygen atoms in total. The first kappa shape index (κ1) is 8.68. The number of furan rings is 1. The summed E-state index contributed by atoms with van der Waals surface area (Å²) in [6.45, 7) is 1.48. The number of ether oxygens (including phenoxy) is 1. The average Bonchev–Trinajstić information content (AvgIpc) is 2.56. The van der Waals surface area contributed by atoms with Gasteiger partial charge in [0.2, 0.25) is 5.78 Å². The molecule has 0 N–H and O–H groups in total. The molecule has 3 rings (SSSR count). The number of carbonyl (C=O) groups excluding carboxylic acids is 1. The van der Waals surface area contributed by atoms with Gasteiger partial charge in [-0.05, 0) is 39.9 Å². The molecule has 2 fully saturated rings. The summed E-state index contributed by atoms with van der Waals surface area (Å²) in [7, 11) is 0. The first-order valence-corrected chi connectivity index (χ1v) is 5.44. The molecule has 0 radical (unpaired) electrons. The number of Topliss-reactive ketones (excluding diaryl/α,β-unsaturated/α-hetero) is 1. The van der Waals surface area contributed by atoms with E-state index in [4.69, 9.17) is 9.15 Å². The number of rotatable bonds is 2. The molecule has 1 aromatic rings. The van der Waals surface area contributed by atoms with Gasteiger partial charge in [-0.3, -0.25) is 4.79 Å². The fourth-order valence-electron chi connectivity index (χ4n) is 2.24. The summed E-state index contributed by atoms with van der Waals surface area (Å²) in [6.07, 6.45) is 0. The second-order valence-corrected chi connectivity index (χ2v) is 4.64. The van der Waals surface area contributed by atoms with Crippen LogP contribution in [0.25, 0.3) is 0 Å². The first-order valence-electron chi connectivity index (χ1n) is 4.64. The Labute approximate surface area is 89.5 Å². The zero-order valence-electron chi connectivity index (χ0n) is 7.40. The van der Waals surface area contributed by atoms with Crippen molar-refractivity contribution in [2.75, 3.05) is 13.2 Å². The Hall–Kier alpha value is -0.610. The summed E-state index contributed by atoms with van der Waals surface area (Å²) >= 11 is 3.19. The molecular weight excluding hydrogens is 248 g/mol. The Morgan fingerprint density at radius 2 is 2.07 bits per heavy atom. The van der Waals surface area contributed by atoms with Crippen LogP contribution in [0.1, 0.15) is 10.6 Å². The van der Waals surface area contributed by atoms with E-state index in [1.807, 2.05) is 0 Å². The summed E-state index contributed by atoms with van der Waals surface area (Å²) in [4.78, 5) is 11.9. The molecule has 2 heterocycles. The molecule has 1 aliphatic carbocycles. The second-order valence-electron chi connectivity index (χ2n) is 3.86. The zero-order chi connectivity index (χ0) is 9.71. The monoisotopic (exact) mass is 256 g/mol. The smallest absolute Gasteiger partial charge is 0.201 e. The van der Waals surface area contributed by atoms with Crippen LogP contribution in [0.4, 0.5) is 0 Å². The molecule has 1 saturated heterocycles. The van der Waals surface area contributed by atoms with Crippen LogP contribution in [-0.2, 0) is 4.74 Å². The molecule has 1 aromatic heterocycles. The van der Waals surface area contributed by atoms with Gasteiger partial charge in [0.25, 0.3) is 0 Å².